The number of hydrogen-bond donors (Lipinski definition) is 0. The van der Waals surface area contributed by atoms with Gasteiger partial charge in [0, 0.05) is 6.20 Å². The van der Waals surface area contributed by atoms with Crippen molar-refractivity contribution in [3.8, 4) is 0 Å². The molecule has 1 aromatic rings. The molecule has 3 nitrogen and oxygen atoms in total. The van der Waals surface area contributed by atoms with Crippen LogP contribution in [0.15, 0.2) is 6.20 Å². The Hall–Kier alpha value is -0.380. The molecule has 0 amide bonds. The van der Waals surface area contributed by atoms with Gasteiger partial charge in [-0.05, 0) is 38.0 Å². The Balaban J connectivity index is 2.07. The highest BCUT2D eigenvalue weighted by Gasteiger charge is 2.26. The Labute approximate surface area is 106 Å². The second-order valence-electron chi connectivity index (χ2n) is 5.16. The Morgan fingerprint density at radius 1 is 1.38 bits per heavy atom. The van der Waals surface area contributed by atoms with Gasteiger partial charge in [0.15, 0.2) is 0 Å². The van der Waals surface area contributed by atoms with E-state index in [-0.39, 0.29) is 0 Å². The highest BCUT2D eigenvalue weighted by atomic mass is 79.9. The molecule has 1 fully saturated rings. The van der Waals surface area contributed by atoms with Crippen molar-refractivity contribution in [3.05, 3.63) is 11.9 Å². The summed E-state index contributed by atoms with van der Waals surface area (Å²) in [6.07, 6.45) is 5.88. The molecule has 4 heteroatoms. The Morgan fingerprint density at radius 2 is 2.12 bits per heavy atom. The van der Waals surface area contributed by atoms with E-state index in [9.17, 15) is 0 Å². The smallest absolute Gasteiger partial charge is 0.0960 e. The molecule has 0 saturated heterocycles. The molecule has 1 aromatic heterocycles. The van der Waals surface area contributed by atoms with Gasteiger partial charge in [-0.25, -0.2) is 4.68 Å². The fraction of sp³-hybridized carbons (Fsp3) is 0.833. The highest BCUT2D eigenvalue weighted by molar-refractivity contribution is 9.09. The van der Waals surface area contributed by atoms with E-state index >= 15 is 0 Å². The maximum absolute atomic E-state index is 4.26. The first-order valence-electron chi connectivity index (χ1n) is 6.13. The van der Waals surface area contributed by atoms with Crippen molar-refractivity contribution in [2.75, 3.05) is 0 Å². The van der Waals surface area contributed by atoms with E-state index in [4.69, 9.17) is 0 Å². The van der Waals surface area contributed by atoms with Crippen LogP contribution in [-0.2, 0) is 0 Å². The van der Waals surface area contributed by atoms with Crippen LogP contribution < -0.4 is 0 Å². The fourth-order valence-corrected chi connectivity index (χ4v) is 2.62. The molecule has 2 rings (SSSR count). The van der Waals surface area contributed by atoms with Gasteiger partial charge in [-0.3, -0.25) is 0 Å². The van der Waals surface area contributed by atoms with Gasteiger partial charge < -0.3 is 0 Å². The SMILES string of the molecule is CC(Br)c1cn(C2CCC(C)C(C)C2)nn1. The van der Waals surface area contributed by atoms with Crippen LogP contribution in [0.1, 0.15) is 56.6 Å². The van der Waals surface area contributed by atoms with E-state index in [1.807, 2.05) is 0 Å². The molecule has 4 atom stereocenters. The summed E-state index contributed by atoms with van der Waals surface area (Å²) in [4.78, 5) is 0.293. The van der Waals surface area contributed by atoms with Crippen LogP contribution in [0, 0.1) is 11.8 Å². The zero-order valence-corrected chi connectivity index (χ0v) is 11.8. The second-order valence-corrected chi connectivity index (χ2v) is 6.53. The maximum atomic E-state index is 4.26. The van der Waals surface area contributed by atoms with E-state index in [0.717, 1.165) is 17.5 Å². The van der Waals surface area contributed by atoms with Crippen molar-refractivity contribution < 1.29 is 0 Å². The van der Waals surface area contributed by atoms with Crippen LogP contribution in [0.4, 0.5) is 0 Å². The van der Waals surface area contributed by atoms with Gasteiger partial charge in [0.2, 0.25) is 0 Å². The maximum Gasteiger partial charge on any atom is 0.0960 e. The van der Waals surface area contributed by atoms with Gasteiger partial charge >= 0.3 is 0 Å². The lowest BCUT2D eigenvalue weighted by Crippen LogP contribution is -2.23. The highest BCUT2D eigenvalue weighted by Crippen LogP contribution is 2.36. The zero-order valence-electron chi connectivity index (χ0n) is 10.2. The van der Waals surface area contributed by atoms with E-state index in [1.165, 1.54) is 19.3 Å². The summed E-state index contributed by atoms with van der Waals surface area (Å²) in [6, 6.07) is 0.554. The summed E-state index contributed by atoms with van der Waals surface area (Å²) in [7, 11) is 0. The van der Waals surface area contributed by atoms with E-state index in [0.29, 0.717) is 10.9 Å². The number of aromatic nitrogens is 3. The van der Waals surface area contributed by atoms with Crippen molar-refractivity contribution in [1.29, 1.82) is 0 Å². The number of nitrogens with zero attached hydrogens (tertiary/aromatic N) is 3. The topological polar surface area (TPSA) is 30.7 Å². The van der Waals surface area contributed by atoms with Gasteiger partial charge in [-0.2, -0.15) is 0 Å². The first-order valence-corrected chi connectivity index (χ1v) is 7.05. The standard InChI is InChI=1S/C12H20BrN3/c1-8-4-5-11(6-9(8)2)16-7-12(10(3)13)14-15-16/h7-11H,4-6H2,1-3H3. The lowest BCUT2D eigenvalue weighted by Gasteiger charge is -2.31. The predicted octanol–water partition coefficient (Wildman–Crippen LogP) is 3.73. The molecule has 0 aliphatic heterocycles. The Bertz CT molecular complexity index is 348. The third-order valence-corrected chi connectivity index (χ3v) is 4.35. The third kappa shape index (κ3) is 2.47. The minimum atomic E-state index is 0.293. The summed E-state index contributed by atoms with van der Waals surface area (Å²) in [6.45, 7) is 6.79. The average molecular weight is 286 g/mol. The van der Waals surface area contributed by atoms with Gasteiger partial charge in [-0.1, -0.05) is 35.0 Å². The summed E-state index contributed by atoms with van der Waals surface area (Å²) < 4.78 is 2.06. The van der Waals surface area contributed by atoms with Crippen LogP contribution >= 0.6 is 15.9 Å². The molecule has 1 heterocycles. The Morgan fingerprint density at radius 3 is 2.69 bits per heavy atom. The van der Waals surface area contributed by atoms with E-state index in [1.54, 1.807) is 0 Å². The normalized spacial score (nSPS) is 32.6. The molecule has 1 aliphatic rings. The van der Waals surface area contributed by atoms with Crippen molar-refractivity contribution in [3.63, 3.8) is 0 Å². The van der Waals surface area contributed by atoms with Gasteiger partial charge in [0.1, 0.15) is 0 Å². The Kier molecular flexibility index (Phi) is 3.67. The fourth-order valence-electron chi connectivity index (χ4n) is 2.41. The molecular weight excluding hydrogens is 266 g/mol. The molecule has 1 saturated carbocycles. The van der Waals surface area contributed by atoms with Crippen molar-refractivity contribution in [2.45, 2.75) is 50.9 Å². The summed E-state index contributed by atoms with van der Waals surface area (Å²) in [5.74, 6) is 1.65. The van der Waals surface area contributed by atoms with Crippen LogP contribution in [-0.4, -0.2) is 15.0 Å². The van der Waals surface area contributed by atoms with Crippen LogP contribution in [0.3, 0.4) is 0 Å². The van der Waals surface area contributed by atoms with Gasteiger partial charge in [0.25, 0.3) is 0 Å². The van der Waals surface area contributed by atoms with Gasteiger partial charge in [0.05, 0.1) is 16.6 Å². The molecule has 0 radical (unpaired) electrons. The van der Waals surface area contributed by atoms with E-state index in [2.05, 4.69) is 57.9 Å². The monoisotopic (exact) mass is 285 g/mol. The third-order valence-electron chi connectivity index (χ3n) is 3.88. The first-order chi connectivity index (χ1) is 7.58. The number of alkyl halides is 1. The summed E-state index contributed by atoms with van der Waals surface area (Å²) in [5.41, 5.74) is 1.03. The molecule has 4 unspecified atom stereocenters. The number of rotatable bonds is 2. The molecule has 0 spiro atoms. The molecule has 0 bridgehead atoms. The molecule has 0 aromatic carbocycles. The molecular formula is C12H20BrN3. The van der Waals surface area contributed by atoms with Crippen LogP contribution in [0.2, 0.25) is 0 Å². The minimum Gasteiger partial charge on any atom is -0.249 e. The minimum absolute atomic E-state index is 0.293. The lowest BCUT2D eigenvalue weighted by molar-refractivity contribution is 0.199. The molecule has 90 valence electrons. The zero-order chi connectivity index (χ0) is 11.7. The van der Waals surface area contributed by atoms with Crippen molar-refractivity contribution >= 4 is 15.9 Å². The van der Waals surface area contributed by atoms with Gasteiger partial charge in [-0.15, -0.1) is 5.10 Å². The largest absolute Gasteiger partial charge is 0.249 e. The summed E-state index contributed by atoms with van der Waals surface area (Å²) in [5, 5.41) is 8.46. The van der Waals surface area contributed by atoms with Crippen LogP contribution in [0.25, 0.3) is 0 Å². The lowest BCUT2D eigenvalue weighted by atomic mass is 9.79. The predicted molar refractivity (Wildman–Crippen MR) is 68.6 cm³/mol. The second kappa shape index (κ2) is 4.86. The average Bonchev–Trinajstić information content (AvgIpc) is 2.71. The molecule has 0 N–H and O–H groups in total. The van der Waals surface area contributed by atoms with Crippen molar-refractivity contribution in [2.24, 2.45) is 11.8 Å². The summed E-state index contributed by atoms with van der Waals surface area (Å²) >= 11 is 3.53. The van der Waals surface area contributed by atoms with Crippen molar-refractivity contribution in [1.82, 2.24) is 15.0 Å². The molecule has 16 heavy (non-hydrogen) atoms. The quantitative estimate of drug-likeness (QED) is 0.775. The molecule has 1 aliphatic carbocycles. The first kappa shape index (κ1) is 12.1. The van der Waals surface area contributed by atoms with Crippen LogP contribution in [0.5, 0.6) is 0 Å². The van der Waals surface area contributed by atoms with E-state index < -0.39 is 0 Å². The number of hydrogen-bond acceptors (Lipinski definition) is 2. The number of halogens is 1.